The predicted octanol–water partition coefficient (Wildman–Crippen LogP) is 3.42. The number of hydrogen-bond acceptors (Lipinski definition) is 2. The molecule has 88 valence electrons. The van der Waals surface area contributed by atoms with Crippen molar-refractivity contribution in [1.82, 2.24) is 4.98 Å². The van der Waals surface area contributed by atoms with E-state index < -0.39 is 0 Å². The molecule has 2 aromatic rings. The molecule has 4 nitrogen and oxygen atoms in total. The van der Waals surface area contributed by atoms with E-state index >= 15 is 0 Å². The molecule has 4 heteroatoms. The van der Waals surface area contributed by atoms with Gasteiger partial charge in [0.2, 0.25) is 5.70 Å². The average Bonchev–Trinajstić information content (AvgIpc) is 2.55. The number of rotatable bonds is 2. The molecule has 0 unspecified atom stereocenters. The topological polar surface area (TPSA) is 58.9 Å². The number of allylic oxidation sites excluding steroid dienone is 1. The van der Waals surface area contributed by atoms with Crippen LogP contribution in [0.5, 0.6) is 0 Å². The molecule has 1 N–H and O–H groups in total. The predicted molar refractivity (Wildman–Crippen MR) is 68.4 cm³/mol. The standard InChI is InChI=1S/C13H14N2O2/c1-8(15(16)17)6-11-4-5-13-12(7-11)9(2)10(3)14-13/h4-7,14H,1-3H3/b8-6+. The number of fused-ring (bicyclic) bond motifs is 1. The van der Waals surface area contributed by atoms with E-state index in [2.05, 4.69) is 4.98 Å². The van der Waals surface area contributed by atoms with Crippen LogP contribution in [0.2, 0.25) is 0 Å². The molecule has 0 aliphatic carbocycles. The monoisotopic (exact) mass is 230 g/mol. The van der Waals surface area contributed by atoms with Gasteiger partial charge in [0.15, 0.2) is 0 Å². The second-order valence-corrected chi connectivity index (χ2v) is 4.22. The second-order valence-electron chi connectivity index (χ2n) is 4.22. The van der Waals surface area contributed by atoms with Crippen LogP contribution in [0.25, 0.3) is 17.0 Å². The summed E-state index contributed by atoms with van der Waals surface area (Å²) in [5, 5.41) is 11.7. The molecule has 0 saturated carbocycles. The van der Waals surface area contributed by atoms with Gasteiger partial charge in [-0.1, -0.05) is 6.07 Å². The highest BCUT2D eigenvalue weighted by atomic mass is 16.6. The molecule has 0 aliphatic rings. The molecule has 0 amide bonds. The molecule has 0 fully saturated rings. The number of nitrogens with zero attached hydrogens (tertiary/aromatic N) is 1. The molecular weight excluding hydrogens is 216 g/mol. The van der Waals surface area contributed by atoms with Crippen LogP contribution < -0.4 is 0 Å². The van der Waals surface area contributed by atoms with Crippen molar-refractivity contribution in [2.24, 2.45) is 0 Å². The highest BCUT2D eigenvalue weighted by molar-refractivity contribution is 5.86. The maximum absolute atomic E-state index is 10.6. The summed E-state index contributed by atoms with van der Waals surface area (Å²) in [6.07, 6.45) is 1.58. The maximum Gasteiger partial charge on any atom is 0.243 e. The van der Waals surface area contributed by atoms with Crippen LogP contribution in [0, 0.1) is 24.0 Å². The van der Waals surface area contributed by atoms with Gasteiger partial charge >= 0.3 is 0 Å². The van der Waals surface area contributed by atoms with Crippen molar-refractivity contribution >= 4 is 17.0 Å². The summed E-state index contributed by atoms with van der Waals surface area (Å²) in [6, 6.07) is 5.81. The molecule has 1 aromatic carbocycles. The van der Waals surface area contributed by atoms with Crippen molar-refractivity contribution in [3.05, 3.63) is 50.8 Å². The summed E-state index contributed by atoms with van der Waals surface area (Å²) in [5.41, 5.74) is 4.39. The molecular formula is C13H14N2O2. The first-order chi connectivity index (χ1) is 7.99. The van der Waals surface area contributed by atoms with E-state index in [1.54, 1.807) is 6.08 Å². The number of H-pyrrole nitrogens is 1. The third kappa shape index (κ3) is 2.06. The van der Waals surface area contributed by atoms with Gasteiger partial charge in [-0.2, -0.15) is 0 Å². The second kappa shape index (κ2) is 4.05. The number of nitrogens with one attached hydrogen (secondary N) is 1. The fourth-order valence-corrected chi connectivity index (χ4v) is 1.86. The molecule has 0 aliphatic heterocycles. The highest BCUT2D eigenvalue weighted by Crippen LogP contribution is 2.23. The van der Waals surface area contributed by atoms with Crippen molar-refractivity contribution in [1.29, 1.82) is 0 Å². The number of benzene rings is 1. The molecule has 0 atom stereocenters. The number of hydrogen-bond donors (Lipinski definition) is 1. The van der Waals surface area contributed by atoms with E-state index in [-0.39, 0.29) is 10.6 Å². The summed E-state index contributed by atoms with van der Waals surface area (Å²) in [6.45, 7) is 5.56. The van der Waals surface area contributed by atoms with Crippen LogP contribution in [0.3, 0.4) is 0 Å². The van der Waals surface area contributed by atoms with Crippen molar-refractivity contribution in [3.8, 4) is 0 Å². The van der Waals surface area contributed by atoms with Gasteiger partial charge in [-0.05, 0) is 37.1 Å². The molecule has 17 heavy (non-hydrogen) atoms. The third-order valence-electron chi connectivity index (χ3n) is 3.00. The molecule has 1 heterocycles. The minimum absolute atomic E-state index is 0.147. The lowest BCUT2D eigenvalue weighted by atomic mass is 10.1. The summed E-state index contributed by atoms with van der Waals surface area (Å²) >= 11 is 0. The fourth-order valence-electron chi connectivity index (χ4n) is 1.86. The zero-order valence-electron chi connectivity index (χ0n) is 10.1. The lowest BCUT2D eigenvalue weighted by Crippen LogP contribution is -1.92. The number of nitro groups is 1. The van der Waals surface area contributed by atoms with Crippen LogP contribution in [0.4, 0.5) is 0 Å². The van der Waals surface area contributed by atoms with Gasteiger partial charge in [-0.15, -0.1) is 0 Å². The Morgan fingerprint density at radius 2 is 2.12 bits per heavy atom. The Balaban J connectivity index is 2.55. The van der Waals surface area contributed by atoms with Gasteiger partial charge in [0.05, 0.1) is 4.92 Å². The highest BCUT2D eigenvalue weighted by Gasteiger charge is 2.06. The van der Waals surface area contributed by atoms with E-state index in [1.165, 1.54) is 12.5 Å². The van der Waals surface area contributed by atoms with Gasteiger partial charge in [-0.3, -0.25) is 10.1 Å². The maximum atomic E-state index is 10.6. The lowest BCUT2D eigenvalue weighted by molar-refractivity contribution is -0.422. The molecule has 0 spiro atoms. The van der Waals surface area contributed by atoms with Crippen molar-refractivity contribution in [2.75, 3.05) is 0 Å². The summed E-state index contributed by atoms with van der Waals surface area (Å²) in [4.78, 5) is 13.5. The normalized spacial score (nSPS) is 12.1. The van der Waals surface area contributed by atoms with E-state index in [0.717, 1.165) is 22.2 Å². The number of aromatic amines is 1. The zero-order valence-corrected chi connectivity index (χ0v) is 10.1. The number of aromatic nitrogens is 1. The van der Waals surface area contributed by atoms with Crippen molar-refractivity contribution in [2.45, 2.75) is 20.8 Å². The van der Waals surface area contributed by atoms with E-state index in [4.69, 9.17) is 0 Å². The van der Waals surface area contributed by atoms with E-state index in [1.807, 2.05) is 32.0 Å². The van der Waals surface area contributed by atoms with Gasteiger partial charge in [0.1, 0.15) is 0 Å². The van der Waals surface area contributed by atoms with Crippen LogP contribution in [-0.2, 0) is 0 Å². The first kappa shape index (κ1) is 11.4. The van der Waals surface area contributed by atoms with Crippen molar-refractivity contribution in [3.63, 3.8) is 0 Å². The SMILES string of the molecule is C/C(=C\c1ccc2[nH]c(C)c(C)c2c1)[N+](=O)[O-]. The first-order valence-electron chi connectivity index (χ1n) is 5.40. The van der Waals surface area contributed by atoms with Gasteiger partial charge in [0, 0.05) is 29.6 Å². The smallest absolute Gasteiger partial charge is 0.243 e. The van der Waals surface area contributed by atoms with E-state index in [0.29, 0.717) is 0 Å². The third-order valence-corrected chi connectivity index (χ3v) is 3.00. The molecule has 0 bridgehead atoms. The van der Waals surface area contributed by atoms with Gasteiger partial charge in [0.25, 0.3) is 0 Å². The minimum Gasteiger partial charge on any atom is -0.358 e. The van der Waals surface area contributed by atoms with E-state index in [9.17, 15) is 10.1 Å². The van der Waals surface area contributed by atoms with Gasteiger partial charge < -0.3 is 4.98 Å². The van der Waals surface area contributed by atoms with Gasteiger partial charge in [-0.25, -0.2) is 0 Å². The van der Waals surface area contributed by atoms with Crippen LogP contribution in [0.1, 0.15) is 23.7 Å². The Bertz CT molecular complexity index is 624. The van der Waals surface area contributed by atoms with Crippen LogP contribution >= 0.6 is 0 Å². The summed E-state index contributed by atoms with van der Waals surface area (Å²) in [7, 11) is 0. The van der Waals surface area contributed by atoms with Crippen LogP contribution in [-0.4, -0.2) is 9.91 Å². The molecule has 0 radical (unpaired) electrons. The summed E-state index contributed by atoms with van der Waals surface area (Å²) < 4.78 is 0. The fraction of sp³-hybridized carbons (Fsp3) is 0.231. The Morgan fingerprint density at radius 3 is 2.76 bits per heavy atom. The minimum atomic E-state index is -0.376. The number of aryl methyl sites for hydroxylation is 2. The summed E-state index contributed by atoms with van der Waals surface area (Å²) in [5.74, 6) is 0. The van der Waals surface area contributed by atoms with Crippen molar-refractivity contribution < 1.29 is 4.92 Å². The molecule has 2 rings (SSSR count). The zero-order chi connectivity index (χ0) is 12.6. The molecule has 1 aromatic heterocycles. The Labute approximate surface area is 99.1 Å². The first-order valence-corrected chi connectivity index (χ1v) is 5.40. The Morgan fingerprint density at radius 1 is 1.41 bits per heavy atom. The largest absolute Gasteiger partial charge is 0.358 e. The van der Waals surface area contributed by atoms with Crippen LogP contribution in [0.15, 0.2) is 23.9 Å². The Kier molecular flexibility index (Phi) is 2.71. The average molecular weight is 230 g/mol. The molecule has 0 saturated heterocycles. The Hall–Kier alpha value is -2.10. The lowest BCUT2D eigenvalue weighted by Gasteiger charge is -1.96. The quantitative estimate of drug-likeness (QED) is 0.634.